The van der Waals surface area contributed by atoms with Gasteiger partial charge >= 0.3 is 0 Å². The first-order valence-corrected chi connectivity index (χ1v) is 11.4. The molecule has 3 aromatic rings. The lowest BCUT2D eigenvalue weighted by molar-refractivity contribution is 0.0164. The third-order valence-corrected chi connectivity index (χ3v) is 7.19. The summed E-state index contributed by atoms with van der Waals surface area (Å²) in [6, 6.07) is 16.5. The van der Waals surface area contributed by atoms with E-state index in [0.29, 0.717) is 32.9 Å². The highest BCUT2D eigenvalue weighted by molar-refractivity contribution is 7.80. The lowest BCUT2D eigenvalue weighted by Gasteiger charge is -2.55. The number of anilines is 1. The minimum Gasteiger partial charge on any atom is -0.493 e. The highest BCUT2D eigenvalue weighted by Crippen LogP contribution is 2.52. The second-order valence-corrected chi connectivity index (χ2v) is 9.37. The molecule has 1 aromatic heterocycles. The van der Waals surface area contributed by atoms with Gasteiger partial charge in [-0.15, -0.1) is 11.3 Å². The molecule has 0 unspecified atom stereocenters. The average molecular weight is 471 g/mol. The normalized spacial score (nSPS) is 22.0. The average Bonchev–Trinajstić information content (AvgIpc) is 3.29. The van der Waals surface area contributed by atoms with Crippen molar-refractivity contribution in [1.29, 1.82) is 0 Å². The maximum atomic E-state index is 13.6. The second kappa shape index (κ2) is 7.51. The number of ether oxygens (including phenoxy) is 2. The van der Waals surface area contributed by atoms with Gasteiger partial charge in [0, 0.05) is 22.7 Å². The van der Waals surface area contributed by atoms with Crippen molar-refractivity contribution in [3.63, 3.8) is 0 Å². The van der Waals surface area contributed by atoms with Crippen LogP contribution in [-0.4, -0.2) is 28.8 Å². The minimum atomic E-state index is -0.802. The van der Waals surface area contributed by atoms with Crippen molar-refractivity contribution in [1.82, 2.24) is 4.90 Å². The van der Waals surface area contributed by atoms with E-state index in [-0.39, 0.29) is 11.9 Å². The first kappa shape index (κ1) is 20.3. The molecule has 0 aliphatic carbocycles. The van der Waals surface area contributed by atoms with Crippen molar-refractivity contribution in [3.8, 4) is 11.5 Å². The highest BCUT2D eigenvalue weighted by atomic mass is 35.5. The Kier molecular flexibility index (Phi) is 4.92. The van der Waals surface area contributed by atoms with E-state index < -0.39 is 5.72 Å². The third kappa shape index (κ3) is 3.19. The second-order valence-electron chi connectivity index (χ2n) is 7.62. The van der Waals surface area contributed by atoms with Crippen LogP contribution in [0.5, 0.6) is 11.5 Å². The van der Waals surface area contributed by atoms with E-state index >= 15 is 0 Å². The van der Waals surface area contributed by atoms with E-state index in [9.17, 15) is 4.79 Å². The molecule has 158 valence electrons. The summed E-state index contributed by atoms with van der Waals surface area (Å²) in [6.45, 7) is 1.99. The van der Waals surface area contributed by atoms with Gasteiger partial charge in [-0.25, -0.2) is 0 Å². The molecule has 2 aromatic carbocycles. The molecule has 1 amide bonds. The molecular weight excluding hydrogens is 452 g/mol. The van der Waals surface area contributed by atoms with E-state index in [1.54, 1.807) is 24.1 Å². The fourth-order valence-corrected chi connectivity index (χ4v) is 5.62. The highest BCUT2D eigenvalue weighted by Gasteiger charge is 2.54. The van der Waals surface area contributed by atoms with Gasteiger partial charge in [-0.1, -0.05) is 29.8 Å². The van der Waals surface area contributed by atoms with Gasteiger partial charge in [0.2, 0.25) is 0 Å². The lowest BCUT2D eigenvalue weighted by Crippen LogP contribution is -2.67. The van der Waals surface area contributed by atoms with Gasteiger partial charge in [-0.3, -0.25) is 14.6 Å². The van der Waals surface area contributed by atoms with Gasteiger partial charge < -0.3 is 9.47 Å². The van der Waals surface area contributed by atoms with Crippen LogP contribution in [0.1, 0.15) is 34.6 Å². The van der Waals surface area contributed by atoms with Crippen molar-refractivity contribution in [3.05, 3.63) is 75.4 Å². The van der Waals surface area contributed by atoms with Gasteiger partial charge in [0.15, 0.2) is 22.3 Å². The molecule has 0 spiro atoms. The smallest absolute Gasteiger partial charge is 0.270 e. The number of thiophene rings is 1. The Balaban J connectivity index is 1.70. The number of carbonyl (C=O) groups is 1. The maximum absolute atomic E-state index is 13.6. The van der Waals surface area contributed by atoms with Crippen LogP contribution in [0.25, 0.3) is 0 Å². The number of hydrogen-bond donors (Lipinski definition) is 0. The number of para-hydroxylation sites is 1. The van der Waals surface area contributed by atoms with E-state index in [2.05, 4.69) is 0 Å². The quantitative estimate of drug-likeness (QED) is 0.446. The molecule has 0 N–H and O–H groups in total. The topological polar surface area (TPSA) is 42.0 Å². The van der Waals surface area contributed by atoms with Gasteiger partial charge in [-0.05, 0) is 60.9 Å². The molecule has 1 fully saturated rings. The van der Waals surface area contributed by atoms with Gasteiger partial charge in [0.25, 0.3) is 5.91 Å². The Bertz CT molecular complexity index is 1170. The maximum Gasteiger partial charge on any atom is 0.270 e. The van der Waals surface area contributed by atoms with Crippen molar-refractivity contribution >= 4 is 51.9 Å². The predicted octanol–water partition coefficient (Wildman–Crippen LogP) is 5.90. The molecule has 2 aliphatic heterocycles. The molecule has 31 heavy (non-hydrogen) atoms. The number of nitrogens with zero attached hydrogens (tertiary/aromatic N) is 2. The number of amides is 1. The molecule has 2 aliphatic rings. The zero-order valence-electron chi connectivity index (χ0n) is 16.9. The lowest BCUT2D eigenvalue weighted by atomic mass is 9.88. The number of methoxy groups -OCH3 is 1. The number of halogens is 1. The van der Waals surface area contributed by atoms with Crippen LogP contribution in [0.4, 0.5) is 5.69 Å². The Labute approximate surface area is 194 Å². The summed E-state index contributed by atoms with van der Waals surface area (Å²) in [5, 5.41) is 2.91. The van der Waals surface area contributed by atoms with E-state index in [0.717, 1.165) is 11.3 Å². The van der Waals surface area contributed by atoms with E-state index in [1.165, 1.54) is 11.3 Å². The van der Waals surface area contributed by atoms with Gasteiger partial charge in [-0.2, -0.15) is 0 Å². The largest absolute Gasteiger partial charge is 0.493 e. The molecule has 3 heterocycles. The van der Waals surface area contributed by atoms with Crippen LogP contribution in [0.15, 0.2) is 60.0 Å². The van der Waals surface area contributed by atoms with Crippen molar-refractivity contribution in [2.75, 3.05) is 12.0 Å². The number of thiocarbonyl (C=S) groups is 1. The predicted molar refractivity (Wildman–Crippen MR) is 126 cm³/mol. The van der Waals surface area contributed by atoms with Crippen LogP contribution in [0.2, 0.25) is 5.02 Å². The number of benzene rings is 2. The molecule has 0 radical (unpaired) electrons. The van der Waals surface area contributed by atoms with Gasteiger partial charge in [0.05, 0.1) is 18.0 Å². The SMILES string of the molecule is COc1cccc2c1O[C@@]1(C)C[C@H]2N(C(=O)c2cccs2)C(=S)N1c1ccc(Cl)cc1. The first-order valence-electron chi connectivity index (χ1n) is 9.76. The molecule has 1 saturated heterocycles. The number of hydrogen-bond acceptors (Lipinski definition) is 5. The molecule has 5 rings (SSSR count). The minimum absolute atomic E-state index is 0.123. The zero-order valence-corrected chi connectivity index (χ0v) is 19.3. The summed E-state index contributed by atoms with van der Waals surface area (Å²) >= 11 is 13.4. The number of rotatable bonds is 3. The molecule has 0 saturated carbocycles. The fraction of sp³-hybridized carbons (Fsp3) is 0.217. The summed E-state index contributed by atoms with van der Waals surface area (Å²) in [5.74, 6) is 1.14. The summed E-state index contributed by atoms with van der Waals surface area (Å²) in [7, 11) is 1.61. The molecule has 2 atom stereocenters. The van der Waals surface area contributed by atoms with E-state index in [4.69, 9.17) is 33.3 Å². The zero-order chi connectivity index (χ0) is 21.8. The molecule has 5 nitrogen and oxygen atoms in total. The first-order chi connectivity index (χ1) is 14.9. The molecule has 8 heteroatoms. The van der Waals surface area contributed by atoms with Crippen molar-refractivity contribution in [2.45, 2.75) is 25.1 Å². The Morgan fingerprint density at radius 1 is 1.23 bits per heavy atom. The van der Waals surface area contributed by atoms with Crippen molar-refractivity contribution < 1.29 is 14.3 Å². The third-order valence-electron chi connectivity index (χ3n) is 5.70. The van der Waals surface area contributed by atoms with E-state index in [1.807, 2.05) is 59.7 Å². The van der Waals surface area contributed by atoms with Crippen LogP contribution < -0.4 is 14.4 Å². The summed E-state index contributed by atoms with van der Waals surface area (Å²) < 4.78 is 12.1. The molecule has 2 bridgehead atoms. The fourth-order valence-electron chi connectivity index (χ4n) is 4.33. The summed E-state index contributed by atoms with van der Waals surface area (Å²) in [4.78, 5) is 17.8. The number of fused-ring (bicyclic) bond motifs is 4. The number of carbonyl (C=O) groups excluding carboxylic acids is 1. The van der Waals surface area contributed by atoms with Gasteiger partial charge in [0.1, 0.15) is 0 Å². The standard InChI is InChI=1S/C23H19ClN2O3S2/c1-23-13-17(16-5-3-6-18(28-2)20(16)29-23)25(21(27)19-7-4-12-31-19)22(30)26(23)15-10-8-14(24)9-11-15/h3-12,17H,13H2,1-2H3/t17-,23+/m1/s1. The monoisotopic (exact) mass is 470 g/mol. The Hall–Kier alpha value is -2.61. The van der Waals surface area contributed by atoms with Crippen LogP contribution >= 0.6 is 35.2 Å². The van der Waals surface area contributed by atoms with Crippen LogP contribution in [0.3, 0.4) is 0 Å². The van der Waals surface area contributed by atoms with Crippen LogP contribution in [0, 0.1) is 0 Å². The molecular formula is C23H19ClN2O3S2. The van der Waals surface area contributed by atoms with Crippen molar-refractivity contribution in [2.24, 2.45) is 0 Å². The Morgan fingerprint density at radius 2 is 2.00 bits per heavy atom. The Morgan fingerprint density at radius 3 is 2.68 bits per heavy atom. The summed E-state index contributed by atoms with van der Waals surface area (Å²) in [5.41, 5.74) is 0.890. The summed E-state index contributed by atoms with van der Waals surface area (Å²) in [6.07, 6.45) is 0.549. The van der Waals surface area contributed by atoms with Crippen LogP contribution in [-0.2, 0) is 0 Å².